The summed E-state index contributed by atoms with van der Waals surface area (Å²) < 4.78 is 66.9. The van der Waals surface area contributed by atoms with Gasteiger partial charge in [-0.15, -0.1) is 10.2 Å². The topological polar surface area (TPSA) is 172 Å². The summed E-state index contributed by atoms with van der Waals surface area (Å²) in [4.78, 5) is -0.551. The van der Waals surface area contributed by atoms with Crippen LogP contribution in [0.4, 0.5) is 17.1 Å². The Bertz CT molecular complexity index is 1600. The average molecular weight is 563 g/mol. The van der Waals surface area contributed by atoms with Crippen molar-refractivity contribution in [3.05, 3.63) is 42.5 Å². The fourth-order valence-corrected chi connectivity index (χ4v) is 7.15. The number of rotatable bonds is 8. The molecule has 1 fully saturated rings. The van der Waals surface area contributed by atoms with Crippen molar-refractivity contribution in [1.82, 2.24) is 4.31 Å². The highest BCUT2D eigenvalue weighted by Crippen LogP contribution is 2.41. The number of methoxy groups -OCH3 is 1. The minimum atomic E-state index is -4.58. The van der Waals surface area contributed by atoms with E-state index in [1.807, 2.05) is 0 Å². The summed E-state index contributed by atoms with van der Waals surface area (Å²) in [6, 6.07) is 9.24. The number of anilines is 1. The lowest BCUT2D eigenvalue weighted by Crippen LogP contribution is -2.41. The fourth-order valence-electron chi connectivity index (χ4n) is 4.81. The Kier molecular flexibility index (Phi) is 7.93. The summed E-state index contributed by atoms with van der Waals surface area (Å²) in [5, 5.41) is 19.3. The first-order valence-corrected chi connectivity index (χ1v) is 15.0. The Morgan fingerprint density at radius 3 is 2.37 bits per heavy atom. The highest BCUT2D eigenvalue weighted by atomic mass is 32.2. The molecule has 3 aromatic rings. The number of phenols is 1. The summed E-state index contributed by atoms with van der Waals surface area (Å²) in [5.41, 5.74) is 6.24. The van der Waals surface area contributed by atoms with Gasteiger partial charge in [0.05, 0.1) is 23.1 Å². The molecule has 1 saturated carbocycles. The molecule has 38 heavy (non-hydrogen) atoms. The second kappa shape index (κ2) is 10.8. The van der Waals surface area contributed by atoms with E-state index in [0.717, 1.165) is 44.2 Å². The zero-order valence-corrected chi connectivity index (χ0v) is 22.7. The Morgan fingerprint density at radius 1 is 1.03 bits per heavy atom. The molecule has 1 aliphatic carbocycles. The standard InChI is InChI=1S/C25H30N4O7S2/c1-3-29(17-7-5-4-6-8-17)37(31,32)23-12-10-18(36-2)14-21(23)27-28-25-20(26)11-9-16-13-19(38(33,34)35)15-22(30)24(16)25/h9-15,17,30H,3-8,26H2,1-2H3,(H,33,34,35). The molecule has 4 N–H and O–H groups in total. The zero-order chi connectivity index (χ0) is 27.7. The Labute approximate surface area is 221 Å². The van der Waals surface area contributed by atoms with Crippen molar-refractivity contribution in [2.24, 2.45) is 10.2 Å². The first-order valence-electron chi connectivity index (χ1n) is 12.1. The number of benzene rings is 3. The van der Waals surface area contributed by atoms with Gasteiger partial charge in [0, 0.05) is 24.7 Å². The third-order valence-corrected chi connectivity index (χ3v) is 9.58. The number of nitrogens with zero attached hydrogens (tertiary/aromatic N) is 3. The van der Waals surface area contributed by atoms with Gasteiger partial charge >= 0.3 is 0 Å². The van der Waals surface area contributed by atoms with Crippen LogP contribution in [0.15, 0.2) is 62.5 Å². The molecule has 0 atom stereocenters. The highest BCUT2D eigenvalue weighted by Gasteiger charge is 2.33. The van der Waals surface area contributed by atoms with E-state index >= 15 is 0 Å². The number of phenolic OH excluding ortho intramolecular Hbond substituents is 1. The average Bonchev–Trinajstić information content (AvgIpc) is 2.88. The summed E-state index contributed by atoms with van der Waals surface area (Å²) in [6.07, 6.45) is 4.60. The van der Waals surface area contributed by atoms with E-state index in [4.69, 9.17) is 10.5 Å². The lowest BCUT2D eigenvalue weighted by Gasteiger charge is -2.32. The number of hydrogen-bond acceptors (Lipinski definition) is 9. The molecule has 0 bridgehead atoms. The fraction of sp³-hybridized carbons (Fsp3) is 0.360. The third kappa shape index (κ3) is 5.46. The molecular weight excluding hydrogens is 532 g/mol. The molecule has 0 aliphatic heterocycles. The van der Waals surface area contributed by atoms with Crippen LogP contribution in [-0.4, -0.2) is 50.5 Å². The molecule has 204 valence electrons. The molecule has 0 aromatic heterocycles. The van der Waals surface area contributed by atoms with E-state index in [2.05, 4.69) is 10.2 Å². The Hall–Kier alpha value is -3.26. The second-order valence-corrected chi connectivity index (χ2v) is 12.3. The summed E-state index contributed by atoms with van der Waals surface area (Å²) in [5.74, 6) is -0.130. The monoisotopic (exact) mass is 562 g/mol. The lowest BCUT2D eigenvalue weighted by molar-refractivity contribution is 0.261. The highest BCUT2D eigenvalue weighted by molar-refractivity contribution is 7.89. The summed E-state index contributed by atoms with van der Waals surface area (Å²) in [6.45, 7) is 2.10. The van der Waals surface area contributed by atoms with Crippen LogP contribution in [0, 0.1) is 0 Å². The first kappa shape index (κ1) is 27.8. The lowest BCUT2D eigenvalue weighted by atomic mass is 9.95. The van der Waals surface area contributed by atoms with Gasteiger partial charge in [0.1, 0.15) is 27.8 Å². The maximum Gasteiger partial charge on any atom is 0.294 e. The van der Waals surface area contributed by atoms with Crippen LogP contribution in [0.3, 0.4) is 0 Å². The molecule has 0 heterocycles. The third-order valence-electron chi connectivity index (χ3n) is 6.68. The summed E-state index contributed by atoms with van der Waals surface area (Å²) in [7, 11) is -7.08. The van der Waals surface area contributed by atoms with Gasteiger partial charge in [-0.1, -0.05) is 32.3 Å². The smallest absolute Gasteiger partial charge is 0.294 e. The van der Waals surface area contributed by atoms with Crippen molar-refractivity contribution in [1.29, 1.82) is 0 Å². The van der Waals surface area contributed by atoms with Gasteiger partial charge in [0.25, 0.3) is 10.1 Å². The number of nitrogen functional groups attached to an aromatic ring is 1. The Balaban J connectivity index is 1.84. The van der Waals surface area contributed by atoms with Gasteiger partial charge in [0.2, 0.25) is 10.0 Å². The zero-order valence-electron chi connectivity index (χ0n) is 21.0. The molecule has 0 amide bonds. The molecule has 0 radical (unpaired) electrons. The molecule has 0 spiro atoms. The molecule has 0 saturated heterocycles. The van der Waals surface area contributed by atoms with E-state index in [0.29, 0.717) is 12.3 Å². The number of fused-ring (bicyclic) bond motifs is 1. The second-order valence-electron chi connectivity index (χ2n) is 9.05. The normalized spacial score (nSPS) is 15.5. The van der Waals surface area contributed by atoms with Gasteiger partial charge < -0.3 is 15.6 Å². The van der Waals surface area contributed by atoms with Crippen molar-refractivity contribution in [3.8, 4) is 11.5 Å². The molecule has 13 heteroatoms. The van der Waals surface area contributed by atoms with Gasteiger partial charge in [-0.2, -0.15) is 12.7 Å². The van der Waals surface area contributed by atoms with Gasteiger partial charge in [-0.25, -0.2) is 8.42 Å². The molecule has 1 aliphatic rings. The number of azo groups is 1. The van der Waals surface area contributed by atoms with Crippen LogP contribution in [0.1, 0.15) is 39.0 Å². The predicted molar refractivity (Wildman–Crippen MR) is 143 cm³/mol. The van der Waals surface area contributed by atoms with E-state index in [9.17, 15) is 26.5 Å². The molecular formula is C25H30N4O7S2. The minimum absolute atomic E-state index is 0.00711. The van der Waals surface area contributed by atoms with E-state index in [1.54, 1.807) is 6.92 Å². The quantitative estimate of drug-likeness (QED) is 0.192. The molecule has 11 nitrogen and oxygen atoms in total. The van der Waals surface area contributed by atoms with Crippen molar-refractivity contribution in [3.63, 3.8) is 0 Å². The maximum atomic E-state index is 13.8. The number of ether oxygens (including phenoxy) is 1. The SMILES string of the molecule is CCN(C1CCCCC1)S(=O)(=O)c1ccc(OC)cc1N=Nc1c(N)ccc2cc(S(=O)(=O)O)cc(O)c12. The van der Waals surface area contributed by atoms with Crippen molar-refractivity contribution in [2.75, 3.05) is 19.4 Å². The molecule has 4 rings (SSSR count). The van der Waals surface area contributed by atoms with E-state index in [1.165, 1.54) is 41.7 Å². The van der Waals surface area contributed by atoms with Crippen molar-refractivity contribution in [2.45, 2.75) is 54.9 Å². The van der Waals surface area contributed by atoms with Crippen LogP contribution in [0.5, 0.6) is 11.5 Å². The minimum Gasteiger partial charge on any atom is -0.507 e. The molecule has 3 aromatic carbocycles. The summed E-state index contributed by atoms with van der Waals surface area (Å²) >= 11 is 0. The van der Waals surface area contributed by atoms with Gasteiger partial charge in [0.15, 0.2) is 0 Å². The Morgan fingerprint density at radius 2 is 1.74 bits per heavy atom. The number of aromatic hydroxyl groups is 1. The predicted octanol–water partition coefficient (Wildman–Crippen LogP) is 5.14. The van der Waals surface area contributed by atoms with Crippen LogP contribution in [-0.2, 0) is 20.1 Å². The van der Waals surface area contributed by atoms with Gasteiger partial charge in [-0.3, -0.25) is 4.55 Å². The first-order chi connectivity index (χ1) is 18.0. The van der Waals surface area contributed by atoms with E-state index in [-0.39, 0.29) is 38.8 Å². The van der Waals surface area contributed by atoms with Crippen LogP contribution in [0.25, 0.3) is 10.8 Å². The number of hydrogen-bond donors (Lipinski definition) is 3. The van der Waals surface area contributed by atoms with Crippen molar-refractivity contribution < 1.29 is 31.2 Å². The largest absolute Gasteiger partial charge is 0.507 e. The maximum absolute atomic E-state index is 13.8. The van der Waals surface area contributed by atoms with Crippen molar-refractivity contribution >= 4 is 48.0 Å². The van der Waals surface area contributed by atoms with Gasteiger partial charge in [-0.05, 0) is 42.5 Å². The van der Waals surface area contributed by atoms with Crippen LogP contribution in [0.2, 0.25) is 0 Å². The van der Waals surface area contributed by atoms with Crippen LogP contribution < -0.4 is 10.5 Å². The molecule has 0 unspecified atom stereocenters. The van der Waals surface area contributed by atoms with E-state index < -0.39 is 30.8 Å². The number of sulfonamides is 1. The van der Waals surface area contributed by atoms with Crippen LogP contribution >= 0.6 is 0 Å². The number of nitrogens with two attached hydrogens (primary N) is 1.